The van der Waals surface area contributed by atoms with Gasteiger partial charge in [0.25, 0.3) is 5.91 Å². The lowest BCUT2D eigenvalue weighted by Crippen LogP contribution is -2.48. The summed E-state index contributed by atoms with van der Waals surface area (Å²) >= 11 is 0. The van der Waals surface area contributed by atoms with Gasteiger partial charge in [0.1, 0.15) is 0 Å². The molecule has 0 spiro atoms. The minimum atomic E-state index is -3.68. The average molecular weight is 480 g/mol. The van der Waals surface area contributed by atoms with Gasteiger partial charge >= 0.3 is 0 Å². The number of benzene rings is 2. The molecule has 2 heterocycles. The number of sulfonamides is 1. The Balaban J connectivity index is 1.37. The molecule has 2 fully saturated rings. The second kappa shape index (κ2) is 8.67. The third-order valence-electron chi connectivity index (χ3n) is 7.19. The molecule has 0 radical (unpaired) electrons. The maximum Gasteiger partial charge on any atom is 0.258 e. The molecular formula is C26H29N3O4S. The Morgan fingerprint density at radius 2 is 1.56 bits per heavy atom. The largest absolute Gasteiger partial charge is 0.369 e. The fourth-order valence-electron chi connectivity index (χ4n) is 5.20. The first kappa shape index (κ1) is 22.8. The molecule has 178 valence electrons. The van der Waals surface area contributed by atoms with Crippen molar-refractivity contribution in [3.63, 3.8) is 0 Å². The number of amides is 1. The average Bonchev–Trinajstić information content (AvgIpc) is 3.45. The maximum absolute atomic E-state index is 13.5. The van der Waals surface area contributed by atoms with Crippen LogP contribution in [0, 0.1) is 0 Å². The van der Waals surface area contributed by atoms with E-state index in [9.17, 15) is 18.0 Å². The standard InChI is InChI=1S/C26H29N3O4S/c1-18(30)19-7-9-21(10-8-19)28-13-15-29(16-14-28)34(32,33)22-11-12-24-23(17-22)25(26(31)27(24)2)20-5-3-4-6-20/h7-12,17H,3-6,13-16H2,1-2H3. The van der Waals surface area contributed by atoms with Crippen molar-refractivity contribution in [3.05, 3.63) is 59.2 Å². The molecule has 0 N–H and O–H groups in total. The van der Waals surface area contributed by atoms with Gasteiger partial charge in [-0.05, 0) is 75.1 Å². The summed E-state index contributed by atoms with van der Waals surface area (Å²) in [4.78, 5) is 28.4. The zero-order chi connectivity index (χ0) is 24.0. The molecule has 2 aliphatic heterocycles. The number of piperazine rings is 1. The van der Waals surface area contributed by atoms with Crippen molar-refractivity contribution in [2.45, 2.75) is 37.5 Å². The number of rotatable bonds is 4. The van der Waals surface area contributed by atoms with Crippen LogP contribution in [0.2, 0.25) is 0 Å². The lowest BCUT2D eigenvalue weighted by Gasteiger charge is -2.35. The summed E-state index contributed by atoms with van der Waals surface area (Å²) in [7, 11) is -1.93. The van der Waals surface area contributed by atoms with Crippen LogP contribution in [0.15, 0.2) is 52.9 Å². The number of hydrogen-bond donors (Lipinski definition) is 0. The van der Waals surface area contributed by atoms with Gasteiger partial charge in [0, 0.05) is 55.6 Å². The molecule has 0 atom stereocenters. The van der Waals surface area contributed by atoms with Crippen LogP contribution in [0.4, 0.5) is 11.4 Å². The van der Waals surface area contributed by atoms with Gasteiger partial charge in [-0.1, -0.05) is 5.57 Å². The number of ketones is 1. The highest BCUT2D eigenvalue weighted by Crippen LogP contribution is 2.43. The fraction of sp³-hybridized carbons (Fsp3) is 0.385. The summed E-state index contributed by atoms with van der Waals surface area (Å²) < 4.78 is 28.5. The summed E-state index contributed by atoms with van der Waals surface area (Å²) in [5, 5.41) is 0. The quantitative estimate of drug-likeness (QED) is 0.494. The molecule has 34 heavy (non-hydrogen) atoms. The molecule has 1 amide bonds. The van der Waals surface area contributed by atoms with E-state index in [1.165, 1.54) is 4.31 Å². The highest BCUT2D eigenvalue weighted by atomic mass is 32.2. The normalized spacial score (nSPS) is 19.2. The second-order valence-electron chi connectivity index (χ2n) is 9.22. The van der Waals surface area contributed by atoms with Crippen molar-refractivity contribution in [2.24, 2.45) is 0 Å². The van der Waals surface area contributed by atoms with E-state index < -0.39 is 10.0 Å². The minimum absolute atomic E-state index is 0.0245. The van der Waals surface area contributed by atoms with E-state index in [4.69, 9.17) is 0 Å². The summed E-state index contributed by atoms with van der Waals surface area (Å²) in [6.45, 7) is 3.43. The van der Waals surface area contributed by atoms with E-state index in [2.05, 4.69) is 4.90 Å². The Kier molecular flexibility index (Phi) is 5.81. The molecule has 2 aromatic carbocycles. The SMILES string of the molecule is CC(=O)c1ccc(N2CCN(S(=O)(=O)c3ccc4c(c3)C(=C3CCCC3)C(=O)N4C)CC2)cc1. The van der Waals surface area contributed by atoms with Crippen LogP contribution >= 0.6 is 0 Å². The van der Waals surface area contributed by atoms with Crippen LogP contribution in [0.3, 0.4) is 0 Å². The molecule has 0 bridgehead atoms. The van der Waals surface area contributed by atoms with Crippen LogP contribution < -0.4 is 9.80 Å². The third kappa shape index (κ3) is 3.84. The van der Waals surface area contributed by atoms with Crippen molar-refractivity contribution in [1.29, 1.82) is 0 Å². The minimum Gasteiger partial charge on any atom is -0.369 e. The lowest BCUT2D eigenvalue weighted by molar-refractivity contribution is -0.112. The molecule has 3 aliphatic rings. The summed E-state index contributed by atoms with van der Waals surface area (Å²) in [6.07, 6.45) is 3.96. The Morgan fingerprint density at radius 1 is 0.912 bits per heavy atom. The van der Waals surface area contributed by atoms with E-state index in [1.54, 1.807) is 49.2 Å². The maximum atomic E-state index is 13.5. The summed E-state index contributed by atoms with van der Waals surface area (Å²) in [5.74, 6) is -0.0118. The van der Waals surface area contributed by atoms with Crippen molar-refractivity contribution < 1.29 is 18.0 Å². The van der Waals surface area contributed by atoms with E-state index in [1.807, 2.05) is 12.1 Å². The van der Waals surface area contributed by atoms with E-state index in [-0.39, 0.29) is 16.6 Å². The van der Waals surface area contributed by atoms with Crippen LogP contribution in [-0.4, -0.2) is 57.6 Å². The number of anilines is 2. The Hall–Kier alpha value is -2.97. The number of likely N-dealkylation sites (N-methyl/N-ethyl adjacent to an activating group) is 1. The zero-order valence-electron chi connectivity index (χ0n) is 19.6. The van der Waals surface area contributed by atoms with Gasteiger partial charge in [-0.2, -0.15) is 4.31 Å². The van der Waals surface area contributed by atoms with Crippen molar-refractivity contribution in [2.75, 3.05) is 43.0 Å². The number of hydrogen-bond acceptors (Lipinski definition) is 5. The van der Waals surface area contributed by atoms with E-state index in [0.29, 0.717) is 37.3 Å². The predicted octanol–water partition coefficient (Wildman–Crippen LogP) is 3.70. The van der Waals surface area contributed by atoms with Gasteiger partial charge in [-0.3, -0.25) is 9.59 Å². The number of carbonyl (C=O) groups is 2. The first-order valence-corrected chi connectivity index (χ1v) is 13.2. The molecular weight excluding hydrogens is 450 g/mol. The number of carbonyl (C=O) groups excluding carboxylic acids is 2. The third-order valence-corrected chi connectivity index (χ3v) is 9.09. The topological polar surface area (TPSA) is 78.0 Å². The van der Waals surface area contributed by atoms with Crippen molar-refractivity contribution in [1.82, 2.24) is 4.31 Å². The zero-order valence-corrected chi connectivity index (χ0v) is 20.4. The van der Waals surface area contributed by atoms with Gasteiger partial charge in [-0.25, -0.2) is 8.42 Å². The number of fused-ring (bicyclic) bond motifs is 1. The van der Waals surface area contributed by atoms with Crippen LogP contribution in [0.25, 0.3) is 5.57 Å². The molecule has 1 saturated heterocycles. The van der Waals surface area contributed by atoms with Crippen molar-refractivity contribution in [3.8, 4) is 0 Å². The molecule has 1 aliphatic carbocycles. The molecule has 7 nitrogen and oxygen atoms in total. The van der Waals surface area contributed by atoms with Crippen LogP contribution in [0.5, 0.6) is 0 Å². The van der Waals surface area contributed by atoms with Gasteiger partial charge in [0.05, 0.1) is 10.6 Å². The molecule has 0 unspecified atom stereocenters. The molecule has 1 saturated carbocycles. The van der Waals surface area contributed by atoms with Gasteiger partial charge in [0.15, 0.2) is 5.78 Å². The monoisotopic (exact) mass is 479 g/mol. The van der Waals surface area contributed by atoms with Gasteiger partial charge in [-0.15, -0.1) is 0 Å². The van der Waals surface area contributed by atoms with E-state index >= 15 is 0 Å². The Morgan fingerprint density at radius 3 is 2.18 bits per heavy atom. The Bertz CT molecular complexity index is 1280. The fourth-order valence-corrected chi connectivity index (χ4v) is 6.65. The first-order chi connectivity index (χ1) is 16.3. The molecule has 2 aromatic rings. The first-order valence-electron chi connectivity index (χ1n) is 11.8. The highest BCUT2D eigenvalue weighted by Gasteiger charge is 2.35. The molecule has 8 heteroatoms. The number of allylic oxidation sites excluding steroid dienone is 1. The van der Waals surface area contributed by atoms with Crippen LogP contribution in [-0.2, 0) is 14.8 Å². The van der Waals surface area contributed by atoms with Gasteiger partial charge in [0.2, 0.25) is 10.0 Å². The van der Waals surface area contributed by atoms with Crippen molar-refractivity contribution >= 4 is 38.7 Å². The summed E-state index contributed by atoms with van der Waals surface area (Å²) in [6, 6.07) is 12.5. The van der Waals surface area contributed by atoms with Gasteiger partial charge < -0.3 is 9.80 Å². The second-order valence-corrected chi connectivity index (χ2v) is 11.2. The van der Waals surface area contributed by atoms with E-state index in [0.717, 1.165) is 48.2 Å². The lowest BCUT2D eigenvalue weighted by atomic mass is 10.00. The number of nitrogens with zero attached hydrogens (tertiary/aromatic N) is 3. The molecule has 5 rings (SSSR count). The van der Waals surface area contributed by atoms with Crippen LogP contribution in [0.1, 0.15) is 48.5 Å². The smallest absolute Gasteiger partial charge is 0.258 e. The summed E-state index contributed by atoms with van der Waals surface area (Å²) in [5.41, 5.74) is 5.01. The molecule has 0 aromatic heterocycles. The highest BCUT2D eigenvalue weighted by molar-refractivity contribution is 7.89. The Labute approximate surface area is 200 Å². The number of Topliss-reactive ketones (excluding diaryl/α,β-unsaturated/α-hetero) is 1. The predicted molar refractivity (Wildman–Crippen MR) is 133 cm³/mol.